The van der Waals surface area contributed by atoms with Crippen molar-refractivity contribution >= 4 is 17.3 Å². The van der Waals surface area contributed by atoms with Gasteiger partial charge in [0.15, 0.2) is 5.82 Å². The fourth-order valence-electron chi connectivity index (χ4n) is 3.03. The normalized spacial score (nSPS) is 13.4. The molecule has 5 nitrogen and oxygen atoms in total. The second kappa shape index (κ2) is 6.59. The number of carboxylic acid groups (broad SMARTS) is 1. The molecule has 0 spiro atoms. The first-order chi connectivity index (χ1) is 12.6. The summed E-state index contributed by atoms with van der Waals surface area (Å²) in [6.45, 7) is 2.02. The molecular formula is C21H19N3O2. The zero-order chi connectivity index (χ0) is 18.1. The number of rotatable bonds is 5. The van der Waals surface area contributed by atoms with E-state index in [-0.39, 0.29) is 5.56 Å². The summed E-state index contributed by atoms with van der Waals surface area (Å²) >= 11 is 0. The topological polar surface area (TPSA) is 75.1 Å². The van der Waals surface area contributed by atoms with Crippen LogP contribution < -0.4 is 5.32 Å². The number of nitrogens with one attached hydrogen (secondary N) is 1. The van der Waals surface area contributed by atoms with Gasteiger partial charge in [0, 0.05) is 5.56 Å². The number of aromatic carboxylic acids is 1. The average molecular weight is 345 g/mol. The highest BCUT2D eigenvalue weighted by atomic mass is 16.4. The van der Waals surface area contributed by atoms with Crippen LogP contribution in [-0.2, 0) is 0 Å². The molecule has 130 valence electrons. The number of carboxylic acids is 1. The lowest BCUT2D eigenvalue weighted by Crippen LogP contribution is -2.04. The number of benzene rings is 2. The molecule has 5 heteroatoms. The Morgan fingerprint density at radius 2 is 1.85 bits per heavy atom. The Labute approximate surface area is 151 Å². The number of hydrogen-bond donors (Lipinski definition) is 2. The van der Waals surface area contributed by atoms with Crippen molar-refractivity contribution in [3.8, 4) is 11.4 Å². The fraction of sp³-hybridized carbons (Fsp3) is 0.190. The van der Waals surface area contributed by atoms with Gasteiger partial charge < -0.3 is 10.4 Å². The van der Waals surface area contributed by atoms with Crippen LogP contribution >= 0.6 is 0 Å². The second-order valence-electron chi connectivity index (χ2n) is 6.62. The van der Waals surface area contributed by atoms with E-state index in [4.69, 9.17) is 0 Å². The van der Waals surface area contributed by atoms with Crippen molar-refractivity contribution in [1.82, 2.24) is 9.97 Å². The average Bonchev–Trinajstić information content (AvgIpc) is 3.48. The van der Waals surface area contributed by atoms with Gasteiger partial charge in [0.2, 0.25) is 0 Å². The van der Waals surface area contributed by atoms with Gasteiger partial charge in [0.25, 0.3) is 0 Å². The maximum atomic E-state index is 11.6. The van der Waals surface area contributed by atoms with Crippen LogP contribution in [0.3, 0.4) is 0 Å². The molecule has 0 amide bonds. The predicted molar refractivity (Wildman–Crippen MR) is 101 cm³/mol. The third-order valence-electron chi connectivity index (χ3n) is 4.64. The molecule has 1 heterocycles. The van der Waals surface area contributed by atoms with Crippen molar-refractivity contribution in [2.24, 2.45) is 0 Å². The maximum Gasteiger partial charge on any atom is 0.337 e. The van der Waals surface area contributed by atoms with Crippen LogP contribution in [0.25, 0.3) is 11.4 Å². The molecule has 2 N–H and O–H groups in total. The highest BCUT2D eigenvalue weighted by Crippen LogP contribution is 2.41. The van der Waals surface area contributed by atoms with E-state index in [9.17, 15) is 9.90 Å². The molecule has 26 heavy (non-hydrogen) atoms. The largest absolute Gasteiger partial charge is 0.478 e. The van der Waals surface area contributed by atoms with E-state index < -0.39 is 5.97 Å². The molecule has 1 aromatic heterocycles. The van der Waals surface area contributed by atoms with Gasteiger partial charge in [-0.2, -0.15) is 0 Å². The molecule has 2 aromatic carbocycles. The minimum atomic E-state index is -0.938. The Kier molecular flexibility index (Phi) is 4.13. The van der Waals surface area contributed by atoms with Gasteiger partial charge in [-0.1, -0.05) is 30.3 Å². The van der Waals surface area contributed by atoms with Crippen molar-refractivity contribution in [1.29, 1.82) is 0 Å². The van der Waals surface area contributed by atoms with Crippen molar-refractivity contribution in [3.63, 3.8) is 0 Å². The summed E-state index contributed by atoms with van der Waals surface area (Å²) in [5, 5.41) is 12.7. The van der Waals surface area contributed by atoms with Crippen LogP contribution in [0.2, 0.25) is 0 Å². The van der Waals surface area contributed by atoms with Gasteiger partial charge in [0.1, 0.15) is 0 Å². The smallest absolute Gasteiger partial charge is 0.337 e. The Hall–Kier alpha value is -3.21. The highest BCUT2D eigenvalue weighted by Gasteiger charge is 2.25. The third kappa shape index (κ3) is 3.28. The Morgan fingerprint density at radius 1 is 1.12 bits per heavy atom. The van der Waals surface area contributed by atoms with E-state index in [1.165, 1.54) is 0 Å². The Morgan fingerprint density at radius 3 is 2.50 bits per heavy atom. The van der Waals surface area contributed by atoms with Gasteiger partial charge in [-0.15, -0.1) is 0 Å². The molecule has 0 bridgehead atoms. The summed E-state index contributed by atoms with van der Waals surface area (Å²) in [6.07, 6.45) is 5.63. The van der Waals surface area contributed by atoms with Gasteiger partial charge in [-0.25, -0.2) is 14.8 Å². The van der Waals surface area contributed by atoms with E-state index in [1.54, 1.807) is 18.5 Å². The van der Waals surface area contributed by atoms with E-state index in [0.717, 1.165) is 29.5 Å². The van der Waals surface area contributed by atoms with Crippen LogP contribution in [0.1, 0.15) is 40.2 Å². The lowest BCUT2D eigenvalue weighted by Gasteiger charge is -2.11. The monoisotopic (exact) mass is 345 g/mol. The lowest BCUT2D eigenvalue weighted by atomic mass is 10.0. The van der Waals surface area contributed by atoms with Gasteiger partial charge in [-0.05, 0) is 48.9 Å². The molecule has 0 saturated heterocycles. The summed E-state index contributed by atoms with van der Waals surface area (Å²) in [4.78, 5) is 20.4. The molecule has 1 fully saturated rings. The van der Waals surface area contributed by atoms with E-state index in [1.807, 2.05) is 43.3 Å². The molecule has 1 aliphatic rings. The molecule has 4 rings (SSSR count). The van der Waals surface area contributed by atoms with Crippen LogP contribution in [0.5, 0.6) is 0 Å². The molecule has 0 atom stereocenters. The molecule has 3 aromatic rings. The number of aromatic nitrogens is 2. The number of hydrogen-bond acceptors (Lipinski definition) is 4. The first-order valence-electron chi connectivity index (χ1n) is 8.64. The van der Waals surface area contributed by atoms with Crippen molar-refractivity contribution in [3.05, 3.63) is 71.5 Å². The van der Waals surface area contributed by atoms with Gasteiger partial charge in [-0.3, -0.25) is 0 Å². The summed E-state index contributed by atoms with van der Waals surface area (Å²) in [5.41, 5.74) is 4.67. The third-order valence-corrected chi connectivity index (χ3v) is 4.64. The Bertz CT molecular complexity index is 963. The lowest BCUT2D eigenvalue weighted by molar-refractivity contribution is 0.0698. The van der Waals surface area contributed by atoms with Crippen molar-refractivity contribution in [2.75, 3.05) is 5.32 Å². The first-order valence-corrected chi connectivity index (χ1v) is 8.64. The SMILES string of the molecule is Cc1ccccc1-c1ncc(Nc2ccc(C3CC3)cc2C(=O)O)cn1. The second-order valence-corrected chi connectivity index (χ2v) is 6.62. The standard InChI is InChI=1S/C21H19N3O2/c1-13-4-2-3-5-17(13)20-22-11-16(12-23-20)24-19-9-8-15(14-6-7-14)10-18(19)21(25)26/h2-5,8-12,14,24H,6-7H2,1H3,(H,25,26). The van der Waals surface area contributed by atoms with Crippen LogP contribution in [0.4, 0.5) is 11.4 Å². The zero-order valence-corrected chi connectivity index (χ0v) is 14.4. The van der Waals surface area contributed by atoms with E-state index in [0.29, 0.717) is 23.1 Å². The van der Waals surface area contributed by atoms with Crippen molar-refractivity contribution < 1.29 is 9.90 Å². The van der Waals surface area contributed by atoms with Crippen LogP contribution in [-0.4, -0.2) is 21.0 Å². The van der Waals surface area contributed by atoms with E-state index >= 15 is 0 Å². The van der Waals surface area contributed by atoms with Crippen LogP contribution in [0, 0.1) is 6.92 Å². The molecular weight excluding hydrogens is 326 g/mol. The van der Waals surface area contributed by atoms with E-state index in [2.05, 4.69) is 15.3 Å². The fourth-order valence-corrected chi connectivity index (χ4v) is 3.03. The zero-order valence-electron chi connectivity index (χ0n) is 14.4. The maximum absolute atomic E-state index is 11.6. The number of anilines is 2. The first kappa shape index (κ1) is 16.3. The minimum absolute atomic E-state index is 0.275. The summed E-state index contributed by atoms with van der Waals surface area (Å²) in [7, 11) is 0. The molecule has 1 saturated carbocycles. The molecule has 0 aliphatic heterocycles. The molecule has 0 radical (unpaired) electrons. The number of aryl methyl sites for hydroxylation is 1. The van der Waals surface area contributed by atoms with Crippen LogP contribution in [0.15, 0.2) is 54.9 Å². The predicted octanol–water partition coefficient (Wildman–Crippen LogP) is 4.77. The Balaban J connectivity index is 1.59. The molecule has 1 aliphatic carbocycles. The molecule has 0 unspecified atom stereocenters. The van der Waals surface area contributed by atoms with Gasteiger partial charge in [0.05, 0.1) is 29.3 Å². The highest BCUT2D eigenvalue weighted by molar-refractivity contribution is 5.95. The summed E-state index contributed by atoms with van der Waals surface area (Å²) in [6, 6.07) is 13.5. The summed E-state index contributed by atoms with van der Waals surface area (Å²) < 4.78 is 0. The number of nitrogens with zero attached hydrogens (tertiary/aromatic N) is 2. The number of carbonyl (C=O) groups is 1. The summed E-state index contributed by atoms with van der Waals surface area (Å²) in [5.74, 6) is 0.225. The quantitative estimate of drug-likeness (QED) is 0.696. The minimum Gasteiger partial charge on any atom is -0.478 e. The van der Waals surface area contributed by atoms with Crippen molar-refractivity contribution in [2.45, 2.75) is 25.7 Å². The van der Waals surface area contributed by atoms with Gasteiger partial charge >= 0.3 is 5.97 Å².